The van der Waals surface area contributed by atoms with Crippen LogP contribution in [0.2, 0.25) is 0 Å². The van der Waals surface area contributed by atoms with Crippen LogP contribution in [0.4, 0.5) is 0 Å². The summed E-state index contributed by atoms with van der Waals surface area (Å²) in [5, 5.41) is 8.47. The van der Waals surface area contributed by atoms with Crippen LogP contribution >= 0.6 is 0 Å². The van der Waals surface area contributed by atoms with Gasteiger partial charge < -0.3 is 26.5 Å². The van der Waals surface area contributed by atoms with E-state index in [-0.39, 0.29) is 24.7 Å². The average Bonchev–Trinajstić information content (AvgIpc) is 2.91. The van der Waals surface area contributed by atoms with Crippen LogP contribution in [0, 0.1) is 5.92 Å². The van der Waals surface area contributed by atoms with Crippen molar-refractivity contribution in [1.29, 1.82) is 0 Å². The van der Waals surface area contributed by atoms with Gasteiger partial charge in [-0.3, -0.25) is 14.4 Å². The molecule has 38 heavy (non-hydrogen) atoms. The van der Waals surface area contributed by atoms with Crippen LogP contribution < -0.4 is 21.7 Å². The molecule has 0 saturated heterocycles. The molecule has 2 rings (SSSR count). The van der Waals surface area contributed by atoms with Crippen LogP contribution in [0.25, 0.3) is 0 Å². The molecular weight excluding hydrogens is 480 g/mol. The highest BCUT2D eigenvalue weighted by Gasteiger charge is 2.28. The van der Waals surface area contributed by atoms with Gasteiger partial charge >= 0.3 is 0 Å². The van der Waals surface area contributed by atoms with Crippen molar-refractivity contribution < 1.29 is 19.2 Å². The van der Waals surface area contributed by atoms with E-state index in [1.165, 1.54) is 0 Å². The lowest BCUT2D eigenvalue weighted by Gasteiger charge is -2.25. The quantitative estimate of drug-likeness (QED) is 0.187. The first kappa shape index (κ1) is 30.7. The molecule has 8 heteroatoms. The molecule has 3 amide bonds. The summed E-state index contributed by atoms with van der Waals surface area (Å²) >= 11 is 0. The van der Waals surface area contributed by atoms with Gasteiger partial charge in [0, 0.05) is 12.8 Å². The Labute approximate surface area is 226 Å². The van der Waals surface area contributed by atoms with Gasteiger partial charge in [0.15, 0.2) is 0 Å². The molecule has 0 aliphatic carbocycles. The highest BCUT2D eigenvalue weighted by Crippen LogP contribution is 2.10. The topological polar surface area (TPSA) is 130 Å². The molecule has 8 nitrogen and oxygen atoms in total. The van der Waals surface area contributed by atoms with Crippen molar-refractivity contribution in [3.8, 4) is 0 Å². The summed E-state index contributed by atoms with van der Waals surface area (Å²) in [7, 11) is 0. The number of hydrogen-bond donors (Lipinski definition) is 4. The van der Waals surface area contributed by atoms with E-state index < -0.39 is 29.9 Å². The van der Waals surface area contributed by atoms with Crippen molar-refractivity contribution in [2.24, 2.45) is 11.7 Å². The maximum Gasteiger partial charge on any atom is 0.243 e. The Morgan fingerprint density at radius 2 is 1.42 bits per heavy atom. The fourth-order valence-corrected chi connectivity index (χ4v) is 4.17. The van der Waals surface area contributed by atoms with Gasteiger partial charge in [-0.05, 0) is 55.7 Å². The first-order chi connectivity index (χ1) is 18.3. The zero-order chi connectivity index (χ0) is 27.8. The van der Waals surface area contributed by atoms with Crippen LogP contribution in [0.1, 0.15) is 57.1 Å². The van der Waals surface area contributed by atoms with Crippen LogP contribution in [0.5, 0.6) is 0 Å². The van der Waals surface area contributed by atoms with E-state index >= 15 is 0 Å². The third-order valence-corrected chi connectivity index (χ3v) is 6.22. The lowest BCUT2D eigenvalue weighted by Crippen LogP contribution is -2.56. The van der Waals surface area contributed by atoms with Gasteiger partial charge in [0.2, 0.25) is 17.7 Å². The van der Waals surface area contributed by atoms with Crippen LogP contribution in [0.15, 0.2) is 60.7 Å². The molecule has 206 valence electrons. The Kier molecular flexibility index (Phi) is 13.8. The van der Waals surface area contributed by atoms with Gasteiger partial charge in [0.05, 0.1) is 6.04 Å². The van der Waals surface area contributed by atoms with Crippen molar-refractivity contribution in [1.82, 2.24) is 16.0 Å². The normalized spacial score (nSPS) is 13.3. The number of carbonyl (C=O) groups excluding carboxylic acids is 4. The molecule has 0 spiro atoms. The van der Waals surface area contributed by atoms with Gasteiger partial charge in [-0.2, -0.15) is 0 Å². The molecule has 0 bridgehead atoms. The first-order valence-corrected chi connectivity index (χ1v) is 13.5. The van der Waals surface area contributed by atoms with Gasteiger partial charge in [-0.25, -0.2) is 0 Å². The van der Waals surface area contributed by atoms with E-state index in [4.69, 9.17) is 5.73 Å². The van der Waals surface area contributed by atoms with Crippen molar-refractivity contribution in [2.45, 2.75) is 76.9 Å². The summed E-state index contributed by atoms with van der Waals surface area (Å²) in [5.41, 5.74) is 7.46. The zero-order valence-corrected chi connectivity index (χ0v) is 22.5. The Morgan fingerprint density at radius 3 is 2.00 bits per heavy atom. The minimum atomic E-state index is -0.852. The van der Waals surface area contributed by atoms with Gasteiger partial charge in [-0.1, -0.05) is 74.5 Å². The number of amides is 3. The van der Waals surface area contributed by atoms with E-state index in [9.17, 15) is 19.2 Å². The summed E-state index contributed by atoms with van der Waals surface area (Å²) < 4.78 is 0. The first-order valence-electron chi connectivity index (χ1n) is 13.5. The molecule has 2 aromatic rings. The summed E-state index contributed by atoms with van der Waals surface area (Å²) in [5.74, 6) is -0.971. The Bertz CT molecular complexity index is 998. The molecule has 0 saturated carbocycles. The van der Waals surface area contributed by atoms with Gasteiger partial charge in [0.1, 0.15) is 18.4 Å². The van der Waals surface area contributed by atoms with Gasteiger partial charge in [-0.15, -0.1) is 0 Å². The molecule has 0 fully saturated rings. The van der Waals surface area contributed by atoms with Crippen molar-refractivity contribution in [3.63, 3.8) is 0 Å². The van der Waals surface area contributed by atoms with E-state index in [0.29, 0.717) is 32.1 Å². The highest BCUT2D eigenvalue weighted by atomic mass is 16.2. The fourth-order valence-electron chi connectivity index (χ4n) is 4.17. The minimum Gasteiger partial charge on any atom is -0.345 e. The molecule has 5 N–H and O–H groups in total. The lowest BCUT2D eigenvalue weighted by molar-refractivity contribution is -0.133. The minimum absolute atomic E-state index is 0.117. The number of carbonyl (C=O) groups is 4. The third-order valence-electron chi connectivity index (χ3n) is 6.22. The SMILES string of the molecule is CC(C)C[C@@H](NC(=O)[C@@H](Cc1ccccc1)NC(=O)CCc1ccccc1)C(=O)N[C@@H](C=O)CCCCN. The average molecular weight is 523 g/mol. The van der Waals surface area contributed by atoms with Crippen molar-refractivity contribution >= 4 is 24.0 Å². The molecular formula is C30H42N4O4. The fraction of sp³-hybridized carbons (Fsp3) is 0.467. The van der Waals surface area contributed by atoms with Gasteiger partial charge in [0.25, 0.3) is 0 Å². The molecule has 3 atom stereocenters. The molecule has 0 aromatic heterocycles. The number of unbranched alkanes of at least 4 members (excludes halogenated alkanes) is 1. The van der Waals surface area contributed by atoms with Crippen molar-refractivity contribution in [3.05, 3.63) is 71.8 Å². The lowest BCUT2D eigenvalue weighted by atomic mass is 10.00. The summed E-state index contributed by atoms with van der Waals surface area (Å²) in [6.07, 6.45) is 4.16. The Morgan fingerprint density at radius 1 is 0.816 bits per heavy atom. The number of aryl methyl sites for hydroxylation is 1. The van der Waals surface area contributed by atoms with E-state index in [1.807, 2.05) is 74.5 Å². The Balaban J connectivity index is 2.10. The molecule has 0 heterocycles. The number of hydrogen-bond acceptors (Lipinski definition) is 5. The smallest absolute Gasteiger partial charge is 0.243 e. The monoisotopic (exact) mass is 522 g/mol. The van der Waals surface area contributed by atoms with E-state index in [2.05, 4.69) is 16.0 Å². The Hall–Kier alpha value is -3.52. The number of aldehydes is 1. The standard InChI is InChI=1S/C30H42N4O4/c1-22(2)19-26(29(37)32-25(21-35)15-9-10-18-31)34-30(38)27(20-24-13-7-4-8-14-24)33-28(36)17-16-23-11-5-3-6-12-23/h3-8,11-14,21-22,25-27H,9-10,15-20,31H2,1-2H3,(H,32,37)(H,33,36)(H,34,38)/t25-,26-,27-/m1/s1. The third kappa shape index (κ3) is 11.7. The predicted molar refractivity (Wildman–Crippen MR) is 149 cm³/mol. The molecule has 0 unspecified atom stereocenters. The van der Waals surface area contributed by atoms with E-state index in [0.717, 1.165) is 24.0 Å². The number of nitrogens with two attached hydrogens (primary N) is 1. The zero-order valence-electron chi connectivity index (χ0n) is 22.5. The van der Waals surface area contributed by atoms with Crippen molar-refractivity contribution in [2.75, 3.05) is 6.54 Å². The second-order valence-corrected chi connectivity index (χ2v) is 10.0. The number of nitrogens with one attached hydrogen (secondary N) is 3. The largest absolute Gasteiger partial charge is 0.345 e. The predicted octanol–water partition coefficient (Wildman–Crippen LogP) is 2.69. The van der Waals surface area contributed by atoms with Crippen LogP contribution in [-0.4, -0.2) is 48.7 Å². The van der Waals surface area contributed by atoms with E-state index in [1.54, 1.807) is 0 Å². The summed E-state index contributed by atoms with van der Waals surface area (Å²) in [6, 6.07) is 16.8. The maximum absolute atomic E-state index is 13.4. The van der Waals surface area contributed by atoms with Crippen LogP contribution in [-0.2, 0) is 32.0 Å². The van der Waals surface area contributed by atoms with Crippen LogP contribution in [0.3, 0.4) is 0 Å². The maximum atomic E-state index is 13.4. The molecule has 0 aliphatic heterocycles. The molecule has 0 radical (unpaired) electrons. The second-order valence-electron chi connectivity index (χ2n) is 10.0. The molecule has 2 aromatic carbocycles. The molecule has 0 aliphatic rings. The highest BCUT2D eigenvalue weighted by molar-refractivity contribution is 5.93. The number of benzene rings is 2. The summed E-state index contributed by atoms with van der Waals surface area (Å²) in [4.78, 5) is 50.8. The second kappa shape index (κ2) is 17.1. The summed E-state index contributed by atoms with van der Waals surface area (Å²) in [6.45, 7) is 4.43. The number of rotatable bonds is 17.